The lowest BCUT2D eigenvalue weighted by molar-refractivity contribution is -0.152. The molecule has 0 aromatic carbocycles. The van der Waals surface area contributed by atoms with Crippen LogP contribution < -0.4 is 10.6 Å². The quantitative estimate of drug-likeness (QED) is 0.537. The molecule has 5 atom stereocenters. The van der Waals surface area contributed by atoms with E-state index >= 15 is 0 Å². The van der Waals surface area contributed by atoms with Crippen molar-refractivity contribution >= 4 is 23.5 Å². The molecular weight excluding hydrogens is 350 g/mol. The van der Waals surface area contributed by atoms with Gasteiger partial charge in [0.25, 0.3) is 0 Å². The van der Waals surface area contributed by atoms with Crippen molar-refractivity contribution < 1.29 is 24.3 Å². The Hall–Kier alpha value is -1.80. The Morgan fingerprint density at radius 1 is 1.11 bits per heavy atom. The van der Waals surface area contributed by atoms with Crippen molar-refractivity contribution in [3.05, 3.63) is 0 Å². The van der Waals surface area contributed by atoms with Gasteiger partial charge < -0.3 is 15.7 Å². The van der Waals surface area contributed by atoms with Gasteiger partial charge in [-0.2, -0.15) is 0 Å². The van der Waals surface area contributed by atoms with E-state index in [1.807, 2.05) is 0 Å². The van der Waals surface area contributed by atoms with E-state index in [1.54, 1.807) is 34.7 Å². The zero-order valence-corrected chi connectivity index (χ0v) is 17.5. The number of imide groups is 1. The third kappa shape index (κ3) is 4.38. The van der Waals surface area contributed by atoms with Crippen molar-refractivity contribution in [3.63, 3.8) is 0 Å². The fourth-order valence-electron chi connectivity index (χ4n) is 3.22. The number of carbonyl (C=O) groups excluding carboxylic acids is 4. The normalized spacial score (nSPS) is 23.9. The van der Waals surface area contributed by atoms with E-state index in [9.17, 15) is 24.3 Å². The molecule has 0 radical (unpaired) electrons. The van der Waals surface area contributed by atoms with E-state index in [-0.39, 0.29) is 17.6 Å². The Bertz CT molecular complexity index is 616. The van der Waals surface area contributed by atoms with Gasteiger partial charge in [-0.05, 0) is 40.7 Å². The van der Waals surface area contributed by atoms with Crippen LogP contribution in [0.4, 0.5) is 0 Å². The summed E-state index contributed by atoms with van der Waals surface area (Å²) < 4.78 is 0. The number of likely N-dealkylation sites (N-methyl/N-ethyl adjacent to an activating group) is 1. The number of aliphatic hydroxyl groups is 1. The lowest BCUT2D eigenvalue weighted by atomic mass is 9.85. The zero-order chi connectivity index (χ0) is 21.3. The molecule has 0 bridgehead atoms. The summed E-state index contributed by atoms with van der Waals surface area (Å²) >= 11 is 0. The molecule has 3 N–H and O–H groups in total. The maximum absolute atomic E-state index is 13.0. The number of carbonyl (C=O) groups is 4. The van der Waals surface area contributed by atoms with Gasteiger partial charge in [0, 0.05) is 0 Å². The summed E-state index contributed by atoms with van der Waals surface area (Å²) in [5, 5.41) is 16.0. The molecule has 0 aliphatic carbocycles. The third-order valence-electron chi connectivity index (χ3n) is 5.40. The van der Waals surface area contributed by atoms with Crippen LogP contribution in [-0.2, 0) is 19.2 Å². The molecule has 8 nitrogen and oxygen atoms in total. The van der Waals surface area contributed by atoms with Crippen molar-refractivity contribution in [2.24, 2.45) is 17.3 Å². The van der Waals surface area contributed by atoms with Crippen molar-refractivity contribution in [1.82, 2.24) is 15.5 Å². The first-order chi connectivity index (χ1) is 12.3. The topological polar surface area (TPSA) is 116 Å². The van der Waals surface area contributed by atoms with Crippen LogP contribution in [0.1, 0.15) is 48.5 Å². The summed E-state index contributed by atoms with van der Waals surface area (Å²) in [6.07, 6.45) is -1.20. The second kappa shape index (κ2) is 8.48. The highest BCUT2D eigenvalue weighted by Gasteiger charge is 2.57. The number of likely N-dealkylation sites (tertiary alicyclic amines) is 1. The average Bonchev–Trinajstić information content (AvgIpc) is 2.78. The van der Waals surface area contributed by atoms with Crippen LogP contribution in [0.25, 0.3) is 0 Å². The highest BCUT2D eigenvalue weighted by molar-refractivity contribution is 6.19. The van der Waals surface area contributed by atoms with Crippen molar-refractivity contribution in [1.29, 1.82) is 0 Å². The molecule has 1 aliphatic rings. The number of ketones is 1. The Morgan fingerprint density at radius 2 is 1.63 bits per heavy atom. The molecule has 8 heteroatoms. The standard InChI is InChI=1S/C19H33N3O5/c1-9(2)13-15(24)19(6,7)18(27)22(13)17(26)10(3)14(23)11(4)21-16(25)12(5)20-8/h9-14,20,23H,1-8H3,(H,21,25)/t10-,11+,12+,13+,14+/m1/s1. The molecule has 1 heterocycles. The second-order valence-corrected chi connectivity index (χ2v) is 8.28. The first-order valence-electron chi connectivity index (χ1n) is 9.36. The molecule has 0 saturated carbocycles. The smallest absolute Gasteiger partial charge is 0.243 e. The summed E-state index contributed by atoms with van der Waals surface area (Å²) in [5.41, 5.74) is -1.27. The molecular formula is C19H33N3O5. The largest absolute Gasteiger partial charge is 0.390 e. The Balaban J connectivity index is 3.00. The van der Waals surface area contributed by atoms with Crippen LogP contribution in [0, 0.1) is 17.3 Å². The fourth-order valence-corrected chi connectivity index (χ4v) is 3.22. The fraction of sp³-hybridized carbons (Fsp3) is 0.789. The van der Waals surface area contributed by atoms with Crippen LogP contribution in [0.5, 0.6) is 0 Å². The molecule has 3 amide bonds. The van der Waals surface area contributed by atoms with Gasteiger partial charge >= 0.3 is 0 Å². The summed E-state index contributed by atoms with van der Waals surface area (Å²) in [6, 6.07) is -2.00. The van der Waals surface area contributed by atoms with Crippen LogP contribution in [-0.4, -0.2) is 64.8 Å². The number of hydrogen-bond donors (Lipinski definition) is 3. The maximum Gasteiger partial charge on any atom is 0.243 e. The lowest BCUT2D eigenvalue weighted by Gasteiger charge is -2.31. The molecule has 1 aliphatic heterocycles. The Morgan fingerprint density at radius 3 is 2.07 bits per heavy atom. The highest BCUT2D eigenvalue weighted by atomic mass is 16.3. The summed E-state index contributed by atoms with van der Waals surface area (Å²) in [6.45, 7) is 11.4. The molecule has 0 aromatic heterocycles. The van der Waals surface area contributed by atoms with E-state index in [0.717, 1.165) is 4.90 Å². The van der Waals surface area contributed by atoms with E-state index in [2.05, 4.69) is 10.6 Å². The van der Waals surface area contributed by atoms with E-state index in [1.165, 1.54) is 20.8 Å². The van der Waals surface area contributed by atoms with Gasteiger partial charge in [-0.3, -0.25) is 24.1 Å². The Kier molecular flexibility index (Phi) is 7.30. The number of amides is 3. The van der Waals surface area contributed by atoms with E-state index in [4.69, 9.17) is 0 Å². The van der Waals surface area contributed by atoms with E-state index < -0.39 is 47.4 Å². The van der Waals surface area contributed by atoms with Gasteiger partial charge in [0.05, 0.1) is 24.1 Å². The number of nitrogens with zero attached hydrogens (tertiary/aromatic N) is 1. The molecule has 1 saturated heterocycles. The van der Waals surface area contributed by atoms with Crippen LogP contribution in [0.15, 0.2) is 0 Å². The van der Waals surface area contributed by atoms with Gasteiger partial charge in [-0.15, -0.1) is 0 Å². The SMILES string of the molecule is CN[C@@H](C)C(=O)N[C@@H](C)[C@@H](O)[C@@H](C)C(=O)N1C(=O)C(C)(C)C(=O)[C@@H]1C(C)C. The molecule has 1 fully saturated rings. The molecule has 0 aromatic rings. The number of hydrogen-bond acceptors (Lipinski definition) is 6. The predicted octanol–water partition coefficient (Wildman–Crippen LogP) is 0.0847. The number of nitrogens with one attached hydrogen (secondary N) is 2. The van der Waals surface area contributed by atoms with Crippen molar-refractivity contribution in [2.75, 3.05) is 7.05 Å². The maximum atomic E-state index is 13.0. The predicted molar refractivity (Wildman–Crippen MR) is 101 cm³/mol. The minimum absolute atomic E-state index is 0.231. The van der Waals surface area contributed by atoms with Crippen molar-refractivity contribution in [3.8, 4) is 0 Å². The average molecular weight is 383 g/mol. The zero-order valence-electron chi connectivity index (χ0n) is 17.5. The molecule has 154 valence electrons. The first kappa shape index (κ1) is 23.2. The lowest BCUT2D eigenvalue weighted by Crippen LogP contribution is -2.54. The molecule has 1 rings (SSSR count). The number of aliphatic hydroxyl groups excluding tert-OH is 1. The first-order valence-corrected chi connectivity index (χ1v) is 9.36. The third-order valence-corrected chi connectivity index (χ3v) is 5.40. The van der Waals surface area contributed by atoms with Gasteiger partial charge in [0.1, 0.15) is 11.5 Å². The minimum Gasteiger partial charge on any atom is -0.390 e. The molecule has 27 heavy (non-hydrogen) atoms. The Labute approximate surface area is 161 Å². The van der Waals surface area contributed by atoms with E-state index in [0.29, 0.717) is 0 Å². The minimum atomic E-state index is -1.27. The molecule has 0 unspecified atom stereocenters. The monoisotopic (exact) mass is 383 g/mol. The van der Waals surface area contributed by atoms with Crippen molar-refractivity contribution in [2.45, 2.75) is 72.7 Å². The number of Topliss-reactive ketones (excluding diaryl/α,β-unsaturated/α-hetero) is 1. The number of rotatable bonds is 7. The van der Waals surface area contributed by atoms with Gasteiger partial charge in [0.15, 0.2) is 5.78 Å². The summed E-state index contributed by atoms with van der Waals surface area (Å²) in [5.74, 6) is -2.94. The second-order valence-electron chi connectivity index (χ2n) is 8.28. The summed E-state index contributed by atoms with van der Waals surface area (Å²) in [7, 11) is 1.64. The highest BCUT2D eigenvalue weighted by Crippen LogP contribution is 2.36. The van der Waals surface area contributed by atoms with Gasteiger partial charge in [-0.1, -0.05) is 20.8 Å². The van der Waals surface area contributed by atoms with Crippen LogP contribution >= 0.6 is 0 Å². The van der Waals surface area contributed by atoms with Gasteiger partial charge in [-0.25, -0.2) is 0 Å². The van der Waals surface area contributed by atoms with Crippen LogP contribution in [0.3, 0.4) is 0 Å². The van der Waals surface area contributed by atoms with Gasteiger partial charge in [0.2, 0.25) is 17.7 Å². The van der Waals surface area contributed by atoms with Crippen LogP contribution in [0.2, 0.25) is 0 Å². The molecule has 0 spiro atoms. The summed E-state index contributed by atoms with van der Waals surface area (Å²) in [4.78, 5) is 51.3.